The lowest BCUT2D eigenvalue weighted by Gasteiger charge is -2.46. The van der Waals surface area contributed by atoms with Crippen LogP contribution in [0, 0.1) is 5.92 Å². The van der Waals surface area contributed by atoms with Crippen LogP contribution in [0.3, 0.4) is 0 Å². The molecule has 2 unspecified atom stereocenters. The molecule has 0 aliphatic carbocycles. The number of rotatable bonds is 3. The summed E-state index contributed by atoms with van der Waals surface area (Å²) >= 11 is 0. The van der Waals surface area contributed by atoms with Gasteiger partial charge in [0.1, 0.15) is 11.4 Å². The molecule has 2 saturated heterocycles. The third kappa shape index (κ3) is 4.89. The normalized spacial score (nSPS) is 24.1. The van der Waals surface area contributed by atoms with E-state index in [-0.39, 0.29) is 29.5 Å². The molecule has 180 valence electrons. The molecule has 0 radical (unpaired) electrons. The highest BCUT2D eigenvalue weighted by Crippen LogP contribution is 2.44. The predicted molar refractivity (Wildman–Crippen MR) is 132 cm³/mol. The number of nitrogens with one attached hydrogen (secondary N) is 2. The van der Waals surface area contributed by atoms with E-state index in [1.54, 1.807) is 4.90 Å². The Hall–Kier alpha value is -3.06. The number of likely N-dealkylation sites (tertiary alicyclic amines) is 2. The van der Waals surface area contributed by atoms with Gasteiger partial charge in [0.25, 0.3) is 0 Å². The Labute approximate surface area is 201 Å². The quantitative estimate of drug-likeness (QED) is 0.722. The number of piperidine rings is 2. The van der Waals surface area contributed by atoms with Crippen molar-refractivity contribution in [3.63, 3.8) is 0 Å². The van der Waals surface area contributed by atoms with Crippen LogP contribution in [-0.4, -0.2) is 60.6 Å². The Morgan fingerprint density at radius 3 is 2.53 bits per heavy atom. The van der Waals surface area contributed by atoms with Gasteiger partial charge in [0, 0.05) is 43.9 Å². The monoisotopic (exact) mass is 462 g/mol. The lowest BCUT2D eigenvalue weighted by atomic mass is 9.80. The molecule has 2 aromatic rings. The van der Waals surface area contributed by atoms with Gasteiger partial charge in [0.05, 0.1) is 12.0 Å². The van der Waals surface area contributed by atoms with Gasteiger partial charge in [-0.05, 0) is 50.9 Å². The first-order chi connectivity index (χ1) is 16.5. The number of para-hydroxylation sites is 2. The maximum absolute atomic E-state index is 13.4. The summed E-state index contributed by atoms with van der Waals surface area (Å²) in [4.78, 5) is 30.3. The van der Waals surface area contributed by atoms with Crippen LogP contribution in [0.15, 0.2) is 54.6 Å². The van der Waals surface area contributed by atoms with E-state index in [1.165, 1.54) is 0 Å². The number of nitrogens with zero attached hydrogens (tertiary/aromatic N) is 2. The minimum absolute atomic E-state index is 0.0296. The number of benzene rings is 2. The van der Waals surface area contributed by atoms with E-state index >= 15 is 0 Å². The molecule has 1 spiro atoms. The van der Waals surface area contributed by atoms with E-state index in [2.05, 4.69) is 28.6 Å². The fourth-order valence-electron chi connectivity index (χ4n) is 5.47. The van der Waals surface area contributed by atoms with E-state index < -0.39 is 0 Å². The first-order valence-corrected chi connectivity index (χ1v) is 12.4. The number of carbonyl (C=O) groups excluding carboxylic acids is 2. The number of hydrogen-bond acceptors (Lipinski definition) is 4. The molecule has 2 atom stereocenters. The van der Waals surface area contributed by atoms with Crippen molar-refractivity contribution in [2.75, 3.05) is 38.5 Å². The first-order valence-electron chi connectivity index (χ1n) is 12.4. The van der Waals surface area contributed by atoms with Gasteiger partial charge < -0.3 is 25.2 Å². The van der Waals surface area contributed by atoms with Crippen molar-refractivity contribution in [3.8, 4) is 5.75 Å². The van der Waals surface area contributed by atoms with E-state index in [0.717, 1.165) is 62.2 Å². The summed E-state index contributed by atoms with van der Waals surface area (Å²) in [6.45, 7) is 3.10. The highest BCUT2D eigenvalue weighted by molar-refractivity contribution is 5.90. The van der Waals surface area contributed by atoms with Crippen molar-refractivity contribution >= 4 is 17.6 Å². The van der Waals surface area contributed by atoms with Crippen molar-refractivity contribution in [2.24, 2.45) is 5.92 Å². The van der Waals surface area contributed by atoms with Crippen LogP contribution in [0.5, 0.6) is 5.75 Å². The summed E-state index contributed by atoms with van der Waals surface area (Å²) in [5.41, 5.74) is 1.59. The predicted octanol–water partition coefficient (Wildman–Crippen LogP) is 4.03. The minimum atomic E-state index is -0.229. The molecular weight excluding hydrogens is 428 g/mol. The molecule has 0 saturated carbocycles. The van der Waals surface area contributed by atoms with Crippen LogP contribution >= 0.6 is 0 Å². The molecule has 7 heteroatoms. The van der Waals surface area contributed by atoms with Crippen LogP contribution in [0.25, 0.3) is 0 Å². The Morgan fingerprint density at radius 2 is 1.74 bits per heavy atom. The zero-order valence-corrected chi connectivity index (χ0v) is 19.8. The van der Waals surface area contributed by atoms with Crippen molar-refractivity contribution in [1.82, 2.24) is 15.1 Å². The van der Waals surface area contributed by atoms with Crippen molar-refractivity contribution in [1.29, 1.82) is 0 Å². The first kappa shape index (κ1) is 22.7. The number of anilines is 1. The largest absolute Gasteiger partial charge is 0.487 e. The number of fused-ring (bicyclic) bond motifs is 1. The number of ether oxygens (including phenoxy) is 1. The molecule has 5 rings (SSSR count). The molecule has 0 bridgehead atoms. The highest BCUT2D eigenvalue weighted by Gasteiger charge is 2.43. The molecule has 3 aliphatic rings. The van der Waals surface area contributed by atoms with Gasteiger partial charge in [-0.1, -0.05) is 36.4 Å². The Bertz CT molecular complexity index is 1020. The number of urea groups is 1. The second-order valence-corrected chi connectivity index (χ2v) is 9.97. The van der Waals surface area contributed by atoms with E-state index in [0.29, 0.717) is 13.1 Å². The summed E-state index contributed by atoms with van der Waals surface area (Å²) in [6.07, 6.45) is 4.32. The van der Waals surface area contributed by atoms with E-state index in [9.17, 15) is 9.59 Å². The van der Waals surface area contributed by atoms with Crippen LogP contribution < -0.4 is 15.4 Å². The number of amides is 3. The molecule has 2 N–H and O–H groups in total. The van der Waals surface area contributed by atoms with Gasteiger partial charge in [0.15, 0.2) is 0 Å². The Morgan fingerprint density at radius 1 is 1.00 bits per heavy atom. The van der Waals surface area contributed by atoms with Crippen LogP contribution in [0.1, 0.15) is 43.7 Å². The zero-order valence-electron chi connectivity index (χ0n) is 19.8. The van der Waals surface area contributed by atoms with E-state index in [1.807, 2.05) is 48.5 Å². The molecule has 34 heavy (non-hydrogen) atoms. The fraction of sp³-hybridized carbons (Fsp3) is 0.481. The van der Waals surface area contributed by atoms with Gasteiger partial charge in [-0.25, -0.2) is 4.79 Å². The Kier molecular flexibility index (Phi) is 6.46. The van der Waals surface area contributed by atoms with E-state index in [4.69, 9.17) is 4.74 Å². The lowest BCUT2D eigenvalue weighted by Crippen LogP contribution is -2.52. The van der Waals surface area contributed by atoms with Gasteiger partial charge in [-0.15, -0.1) is 0 Å². The van der Waals surface area contributed by atoms with Crippen LogP contribution in [0.2, 0.25) is 0 Å². The summed E-state index contributed by atoms with van der Waals surface area (Å²) in [6, 6.07) is 17.3. The second kappa shape index (κ2) is 9.66. The Balaban J connectivity index is 1.26. The minimum Gasteiger partial charge on any atom is -0.487 e. The van der Waals surface area contributed by atoms with Crippen LogP contribution in [0.4, 0.5) is 10.5 Å². The smallest absolute Gasteiger partial charge is 0.321 e. The topological polar surface area (TPSA) is 73.9 Å². The molecule has 2 aromatic carbocycles. The molecule has 2 fully saturated rings. The number of hydrogen-bond donors (Lipinski definition) is 2. The van der Waals surface area contributed by atoms with Crippen LogP contribution in [-0.2, 0) is 4.79 Å². The molecule has 3 amide bonds. The standard InChI is InChI=1S/C27H34N4O3/c1-30-16-13-27(14-17-30)18-23(22-11-5-6-12-24(22)34-27)29-25(32)20-8-7-15-31(19-20)26(33)28-21-9-3-2-4-10-21/h2-6,9-12,20,23H,7-8,13-19H2,1H3,(H,28,33)(H,29,32). The molecular formula is C27H34N4O3. The van der Waals surface area contributed by atoms with Gasteiger partial charge in [-0.2, -0.15) is 0 Å². The SMILES string of the molecule is CN1CCC2(CC1)CC(NC(=O)C1CCCN(C(=O)Nc3ccccc3)C1)c1ccccc1O2. The van der Waals surface area contributed by atoms with Crippen molar-refractivity contribution in [2.45, 2.75) is 43.7 Å². The fourth-order valence-corrected chi connectivity index (χ4v) is 5.47. The highest BCUT2D eigenvalue weighted by atomic mass is 16.5. The maximum atomic E-state index is 13.4. The second-order valence-electron chi connectivity index (χ2n) is 9.97. The molecule has 3 aliphatic heterocycles. The third-order valence-electron chi connectivity index (χ3n) is 7.52. The van der Waals surface area contributed by atoms with Crippen molar-refractivity contribution < 1.29 is 14.3 Å². The zero-order chi connectivity index (χ0) is 23.5. The maximum Gasteiger partial charge on any atom is 0.321 e. The molecule has 0 aromatic heterocycles. The molecule has 3 heterocycles. The average molecular weight is 463 g/mol. The van der Waals surface area contributed by atoms with Gasteiger partial charge in [0.2, 0.25) is 5.91 Å². The summed E-state index contributed by atoms with van der Waals surface area (Å²) in [5.74, 6) is 0.705. The summed E-state index contributed by atoms with van der Waals surface area (Å²) in [7, 11) is 2.14. The average Bonchev–Trinajstić information content (AvgIpc) is 2.87. The molecule has 7 nitrogen and oxygen atoms in total. The third-order valence-corrected chi connectivity index (χ3v) is 7.52. The van der Waals surface area contributed by atoms with Gasteiger partial charge in [-0.3, -0.25) is 4.79 Å². The summed E-state index contributed by atoms with van der Waals surface area (Å²) in [5, 5.41) is 6.29. The van der Waals surface area contributed by atoms with Gasteiger partial charge >= 0.3 is 6.03 Å². The lowest BCUT2D eigenvalue weighted by molar-refractivity contribution is -0.128. The number of carbonyl (C=O) groups is 2. The van der Waals surface area contributed by atoms with Crippen molar-refractivity contribution in [3.05, 3.63) is 60.2 Å². The summed E-state index contributed by atoms with van der Waals surface area (Å²) < 4.78 is 6.53.